The van der Waals surface area contributed by atoms with Gasteiger partial charge in [0.15, 0.2) is 0 Å². The third kappa shape index (κ3) is 3.60. The Morgan fingerprint density at radius 3 is 2.44 bits per heavy atom. The third-order valence-electron chi connectivity index (χ3n) is 3.78. The zero-order chi connectivity index (χ0) is 18.8. The van der Waals surface area contributed by atoms with Crippen LogP contribution in [-0.2, 0) is 15.7 Å². The number of nitriles is 1. The molecule has 5 nitrogen and oxygen atoms in total. The molecule has 8 heteroatoms. The first-order chi connectivity index (χ1) is 11.7. The molecule has 1 aromatic carbocycles. The van der Waals surface area contributed by atoms with E-state index < -0.39 is 23.6 Å². The van der Waals surface area contributed by atoms with Crippen molar-refractivity contribution in [2.24, 2.45) is 5.73 Å². The fourth-order valence-corrected chi connectivity index (χ4v) is 2.66. The normalized spacial score (nSPS) is 17.8. The first-order valence-corrected chi connectivity index (χ1v) is 7.42. The van der Waals surface area contributed by atoms with E-state index in [0.29, 0.717) is 11.3 Å². The number of dihydropyridines is 1. The molecule has 1 unspecified atom stereocenters. The smallest absolute Gasteiger partial charge is 0.416 e. The fourth-order valence-electron chi connectivity index (χ4n) is 2.66. The van der Waals surface area contributed by atoms with Gasteiger partial charge in [-0.2, -0.15) is 18.4 Å². The highest BCUT2D eigenvalue weighted by Gasteiger charge is 2.36. The number of hydrogen-bond donors (Lipinski definition) is 2. The third-order valence-corrected chi connectivity index (χ3v) is 3.78. The summed E-state index contributed by atoms with van der Waals surface area (Å²) in [5.41, 5.74) is 5.93. The number of esters is 1. The highest BCUT2D eigenvalue weighted by Crippen LogP contribution is 2.38. The molecular weight excluding hydrogens is 335 g/mol. The van der Waals surface area contributed by atoms with Crippen molar-refractivity contribution in [2.45, 2.75) is 25.9 Å². The van der Waals surface area contributed by atoms with Gasteiger partial charge in [-0.25, -0.2) is 4.79 Å². The number of ether oxygens (including phenoxy) is 1. The summed E-state index contributed by atoms with van der Waals surface area (Å²) in [6.45, 7) is 3.34. The van der Waals surface area contributed by atoms with Gasteiger partial charge in [-0.1, -0.05) is 12.1 Å². The summed E-state index contributed by atoms with van der Waals surface area (Å²) in [5, 5.41) is 12.1. The minimum absolute atomic E-state index is 0.0495. The molecule has 0 radical (unpaired) electrons. The van der Waals surface area contributed by atoms with Crippen molar-refractivity contribution >= 4 is 5.97 Å². The van der Waals surface area contributed by atoms with E-state index in [9.17, 15) is 23.2 Å². The number of allylic oxidation sites excluding steroid dienone is 2. The lowest BCUT2D eigenvalue weighted by Gasteiger charge is -2.28. The van der Waals surface area contributed by atoms with E-state index in [-0.39, 0.29) is 23.6 Å². The van der Waals surface area contributed by atoms with Crippen LogP contribution in [0.1, 0.15) is 30.9 Å². The molecule has 0 spiro atoms. The minimum atomic E-state index is -4.48. The Hall–Kier alpha value is -2.95. The van der Waals surface area contributed by atoms with Crippen LogP contribution in [0, 0.1) is 11.3 Å². The van der Waals surface area contributed by atoms with Crippen LogP contribution >= 0.6 is 0 Å². The largest absolute Gasteiger partial charge is 0.463 e. The van der Waals surface area contributed by atoms with Crippen molar-refractivity contribution < 1.29 is 22.7 Å². The summed E-state index contributed by atoms with van der Waals surface area (Å²) in [6, 6.07) is 6.19. The van der Waals surface area contributed by atoms with Gasteiger partial charge in [-0.05, 0) is 31.5 Å². The first kappa shape index (κ1) is 18.4. The molecule has 1 aromatic rings. The van der Waals surface area contributed by atoms with E-state index in [1.807, 2.05) is 6.07 Å². The predicted molar refractivity (Wildman–Crippen MR) is 83.5 cm³/mol. The van der Waals surface area contributed by atoms with Crippen molar-refractivity contribution in [1.29, 1.82) is 5.26 Å². The lowest BCUT2D eigenvalue weighted by Crippen LogP contribution is -2.32. The molecule has 25 heavy (non-hydrogen) atoms. The number of halogens is 3. The van der Waals surface area contributed by atoms with Gasteiger partial charge in [0.2, 0.25) is 0 Å². The van der Waals surface area contributed by atoms with Crippen LogP contribution in [0.4, 0.5) is 13.2 Å². The molecule has 0 aliphatic carbocycles. The van der Waals surface area contributed by atoms with E-state index in [1.54, 1.807) is 13.8 Å². The lowest BCUT2D eigenvalue weighted by atomic mass is 9.81. The van der Waals surface area contributed by atoms with Crippen LogP contribution in [-0.4, -0.2) is 12.6 Å². The molecule has 0 bridgehead atoms. The summed E-state index contributed by atoms with van der Waals surface area (Å²) in [7, 11) is 0. The van der Waals surface area contributed by atoms with E-state index in [0.717, 1.165) is 12.1 Å². The molecule has 0 saturated heterocycles. The summed E-state index contributed by atoms with van der Waals surface area (Å²) >= 11 is 0. The summed E-state index contributed by atoms with van der Waals surface area (Å²) < 4.78 is 43.3. The standard InChI is InChI=1S/C17H16F3N3O2/c1-3-25-16(24)13-9(2)23-15(22)12(8-21)14(13)10-4-6-11(7-5-10)17(18,19)20/h4-7,14,23H,3,22H2,1-2H3. The van der Waals surface area contributed by atoms with Crippen molar-refractivity contribution in [3.05, 3.63) is 58.1 Å². The van der Waals surface area contributed by atoms with Gasteiger partial charge >= 0.3 is 12.1 Å². The van der Waals surface area contributed by atoms with Crippen LogP contribution in [0.3, 0.4) is 0 Å². The van der Waals surface area contributed by atoms with Gasteiger partial charge in [-0.15, -0.1) is 0 Å². The van der Waals surface area contributed by atoms with Crippen molar-refractivity contribution in [2.75, 3.05) is 6.61 Å². The number of rotatable bonds is 3. The Bertz CT molecular complexity index is 787. The number of carbonyl (C=O) groups is 1. The van der Waals surface area contributed by atoms with Crippen LogP contribution < -0.4 is 11.1 Å². The van der Waals surface area contributed by atoms with Crippen LogP contribution in [0.15, 0.2) is 46.9 Å². The second kappa shape index (κ2) is 6.89. The summed E-state index contributed by atoms with van der Waals surface area (Å²) in [4.78, 5) is 12.3. The lowest BCUT2D eigenvalue weighted by molar-refractivity contribution is -0.139. The van der Waals surface area contributed by atoms with Gasteiger partial charge in [-0.3, -0.25) is 0 Å². The predicted octanol–water partition coefficient (Wildman–Crippen LogP) is 2.92. The van der Waals surface area contributed by atoms with E-state index in [1.165, 1.54) is 12.1 Å². The molecule has 1 aliphatic heterocycles. The maximum atomic E-state index is 12.8. The highest BCUT2D eigenvalue weighted by molar-refractivity contribution is 5.93. The van der Waals surface area contributed by atoms with E-state index in [2.05, 4.69) is 5.32 Å². The van der Waals surface area contributed by atoms with Crippen molar-refractivity contribution in [3.63, 3.8) is 0 Å². The monoisotopic (exact) mass is 351 g/mol. The molecule has 0 aromatic heterocycles. The topological polar surface area (TPSA) is 88.1 Å². The molecule has 0 fully saturated rings. The maximum absolute atomic E-state index is 12.8. The van der Waals surface area contributed by atoms with Crippen molar-refractivity contribution in [1.82, 2.24) is 5.32 Å². The summed E-state index contributed by atoms with van der Waals surface area (Å²) in [5.74, 6) is -1.50. The molecule has 3 N–H and O–H groups in total. The zero-order valence-corrected chi connectivity index (χ0v) is 13.6. The number of alkyl halides is 3. The van der Waals surface area contributed by atoms with Gasteiger partial charge in [0.05, 0.1) is 35.3 Å². The Morgan fingerprint density at radius 2 is 1.96 bits per heavy atom. The molecule has 1 atom stereocenters. The van der Waals surface area contributed by atoms with Crippen LogP contribution in [0.25, 0.3) is 0 Å². The average molecular weight is 351 g/mol. The Labute approximate surface area is 142 Å². The van der Waals surface area contributed by atoms with E-state index >= 15 is 0 Å². The second-order valence-electron chi connectivity index (χ2n) is 5.38. The number of benzene rings is 1. The molecule has 0 saturated carbocycles. The number of carbonyl (C=O) groups excluding carboxylic acids is 1. The van der Waals surface area contributed by atoms with Crippen LogP contribution in [0.2, 0.25) is 0 Å². The molecule has 1 heterocycles. The van der Waals surface area contributed by atoms with Gasteiger partial charge < -0.3 is 15.8 Å². The SMILES string of the molecule is CCOC(=O)C1=C(C)NC(N)=C(C#N)C1c1ccc(C(F)(F)F)cc1. The summed E-state index contributed by atoms with van der Waals surface area (Å²) in [6.07, 6.45) is -4.48. The zero-order valence-electron chi connectivity index (χ0n) is 13.6. The Morgan fingerprint density at radius 1 is 1.36 bits per heavy atom. The van der Waals surface area contributed by atoms with Crippen molar-refractivity contribution in [3.8, 4) is 6.07 Å². The molecule has 2 rings (SSSR count). The fraction of sp³-hybridized carbons (Fsp3) is 0.294. The van der Waals surface area contributed by atoms with Gasteiger partial charge in [0, 0.05) is 5.70 Å². The second-order valence-corrected chi connectivity index (χ2v) is 5.38. The minimum Gasteiger partial charge on any atom is -0.463 e. The van der Waals surface area contributed by atoms with Crippen LogP contribution in [0.5, 0.6) is 0 Å². The number of nitrogens with one attached hydrogen (secondary N) is 1. The maximum Gasteiger partial charge on any atom is 0.416 e. The average Bonchev–Trinajstić information content (AvgIpc) is 2.53. The quantitative estimate of drug-likeness (QED) is 0.818. The molecule has 132 valence electrons. The molecule has 1 aliphatic rings. The Kier molecular flexibility index (Phi) is 5.07. The molecular formula is C17H16F3N3O2. The Balaban J connectivity index is 2.57. The van der Waals surface area contributed by atoms with Gasteiger partial charge in [0.25, 0.3) is 0 Å². The van der Waals surface area contributed by atoms with Gasteiger partial charge in [0.1, 0.15) is 5.82 Å². The highest BCUT2D eigenvalue weighted by atomic mass is 19.4. The number of nitrogens with zero attached hydrogens (tertiary/aromatic N) is 1. The first-order valence-electron chi connectivity index (χ1n) is 7.42. The molecule has 0 amide bonds. The van der Waals surface area contributed by atoms with E-state index in [4.69, 9.17) is 10.5 Å². The number of hydrogen-bond acceptors (Lipinski definition) is 5. The number of nitrogens with two attached hydrogens (primary N) is 1.